The van der Waals surface area contributed by atoms with Gasteiger partial charge in [0.2, 0.25) is 0 Å². The molecule has 0 radical (unpaired) electrons. The van der Waals surface area contributed by atoms with Crippen molar-refractivity contribution in [1.82, 2.24) is 14.8 Å². The molecule has 0 amide bonds. The molecule has 14 heteroatoms. The first-order chi connectivity index (χ1) is 17.3. The van der Waals surface area contributed by atoms with Gasteiger partial charge in [-0.25, -0.2) is 8.42 Å². The molecule has 0 saturated heterocycles. The summed E-state index contributed by atoms with van der Waals surface area (Å²) in [6.07, 6.45) is 0.661. The predicted molar refractivity (Wildman–Crippen MR) is 145 cm³/mol. The molecule has 2 aromatic carbocycles. The molecule has 3 N–H and O–H groups in total. The summed E-state index contributed by atoms with van der Waals surface area (Å²) in [6, 6.07) is 13.6. The highest BCUT2D eigenvalue weighted by atomic mass is 35.5. The van der Waals surface area contributed by atoms with Gasteiger partial charge in [0.1, 0.15) is 12.1 Å². The molecule has 0 aliphatic heterocycles. The van der Waals surface area contributed by atoms with Crippen LogP contribution >= 0.6 is 30.8 Å². The van der Waals surface area contributed by atoms with Crippen LogP contribution in [0.4, 0.5) is 11.5 Å². The second-order valence-electron chi connectivity index (χ2n) is 8.28. The van der Waals surface area contributed by atoms with Gasteiger partial charge in [-0.05, 0) is 61.5 Å². The van der Waals surface area contributed by atoms with E-state index in [4.69, 9.17) is 23.2 Å². The van der Waals surface area contributed by atoms with Gasteiger partial charge in [-0.3, -0.25) is 13.4 Å². The van der Waals surface area contributed by atoms with Gasteiger partial charge in [0.15, 0.2) is 5.82 Å². The van der Waals surface area contributed by atoms with E-state index in [1.54, 1.807) is 35.0 Å². The van der Waals surface area contributed by atoms with Crippen molar-refractivity contribution in [2.45, 2.75) is 11.8 Å². The number of fused-ring (bicyclic) bond motifs is 1. The van der Waals surface area contributed by atoms with Crippen LogP contribution in [-0.2, 0) is 14.6 Å². The molecule has 2 heterocycles. The molecule has 0 unspecified atom stereocenters. The van der Waals surface area contributed by atoms with Gasteiger partial charge in [-0.15, -0.1) is 10.2 Å². The average Bonchev–Trinajstić information content (AvgIpc) is 3.23. The number of anilines is 2. The number of aromatic nitrogens is 3. The van der Waals surface area contributed by atoms with Crippen LogP contribution < -0.4 is 9.62 Å². The maximum absolute atomic E-state index is 13.4. The third-order valence-corrected chi connectivity index (χ3v) is 8.20. The zero-order valence-corrected chi connectivity index (χ0v) is 22.6. The third kappa shape index (κ3) is 6.32. The van der Waals surface area contributed by atoms with Gasteiger partial charge in [0, 0.05) is 28.2 Å². The molecular formula is C23H22Cl2N5O5PS. The SMILES string of the molecule is C=C(C)CNc1ccc(-n2ccc3cc(N(CP(=O)(O)O)S(=O)(=O)c4cc(Cl)cc(Cl)c4)ccc32)nn1. The predicted octanol–water partition coefficient (Wildman–Crippen LogP) is 5.05. The summed E-state index contributed by atoms with van der Waals surface area (Å²) in [5.41, 5.74) is 1.68. The standard InChI is InChI=1S/C23H22Cl2N5O5PS/c1-15(2)13-26-22-5-6-23(28-27-22)29-8-7-16-9-19(3-4-21(16)29)30(14-36(31,32)33)37(34,35)20-11-17(24)10-18(25)12-20/h3-12H,1,13-14H2,2H3,(H,26,27)(H2,31,32,33). The van der Waals surface area contributed by atoms with E-state index in [9.17, 15) is 22.8 Å². The zero-order valence-electron chi connectivity index (χ0n) is 19.4. The summed E-state index contributed by atoms with van der Waals surface area (Å²) in [5, 5.41) is 12.2. The lowest BCUT2D eigenvalue weighted by molar-refractivity contribution is 0.373. The van der Waals surface area contributed by atoms with Gasteiger partial charge in [0.05, 0.1) is 16.1 Å². The van der Waals surface area contributed by atoms with E-state index in [1.807, 2.05) is 6.92 Å². The molecule has 4 aromatic rings. The normalized spacial score (nSPS) is 12.0. The van der Waals surface area contributed by atoms with E-state index in [2.05, 4.69) is 22.1 Å². The van der Waals surface area contributed by atoms with Gasteiger partial charge in [-0.1, -0.05) is 35.4 Å². The zero-order chi connectivity index (χ0) is 27.0. The molecular weight excluding hydrogens is 560 g/mol. The second kappa shape index (κ2) is 10.4. The van der Waals surface area contributed by atoms with Crippen molar-refractivity contribution >= 4 is 63.2 Å². The van der Waals surface area contributed by atoms with Crippen molar-refractivity contribution < 1.29 is 22.8 Å². The van der Waals surface area contributed by atoms with Crippen LogP contribution in [0.5, 0.6) is 0 Å². The summed E-state index contributed by atoms with van der Waals surface area (Å²) in [6.45, 7) is 6.29. The molecule has 37 heavy (non-hydrogen) atoms. The van der Waals surface area contributed by atoms with E-state index < -0.39 is 23.9 Å². The number of rotatable bonds is 9. The number of nitrogens with one attached hydrogen (secondary N) is 1. The van der Waals surface area contributed by atoms with Crippen LogP contribution in [-0.4, -0.2) is 45.8 Å². The number of benzene rings is 2. The molecule has 194 valence electrons. The summed E-state index contributed by atoms with van der Waals surface area (Å²) in [7, 11) is -9.23. The van der Waals surface area contributed by atoms with Crippen LogP contribution in [0.3, 0.4) is 0 Å². The molecule has 0 aliphatic carbocycles. The van der Waals surface area contributed by atoms with Crippen LogP contribution in [0.25, 0.3) is 16.7 Å². The lowest BCUT2D eigenvalue weighted by atomic mass is 10.2. The Bertz CT molecular complexity index is 1620. The Labute approximate surface area is 223 Å². The van der Waals surface area contributed by atoms with E-state index in [0.717, 1.165) is 17.7 Å². The smallest absolute Gasteiger partial charge is 0.345 e. The van der Waals surface area contributed by atoms with Crippen LogP contribution in [0.1, 0.15) is 6.92 Å². The highest BCUT2D eigenvalue weighted by molar-refractivity contribution is 7.93. The summed E-state index contributed by atoms with van der Waals surface area (Å²) >= 11 is 12.0. The topological polar surface area (TPSA) is 138 Å². The fourth-order valence-corrected chi connectivity index (χ4v) is 6.95. The molecule has 4 rings (SSSR count). The molecule has 10 nitrogen and oxygen atoms in total. The lowest BCUT2D eigenvalue weighted by Crippen LogP contribution is -2.32. The molecule has 0 atom stereocenters. The van der Waals surface area contributed by atoms with Crippen molar-refractivity contribution in [3.8, 4) is 5.82 Å². The third-order valence-electron chi connectivity index (χ3n) is 5.17. The quantitative estimate of drug-likeness (QED) is 0.184. The molecule has 2 aromatic heterocycles. The van der Waals surface area contributed by atoms with Crippen LogP contribution in [0, 0.1) is 0 Å². The Morgan fingerprint density at radius 3 is 2.38 bits per heavy atom. The summed E-state index contributed by atoms with van der Waals surface area (Å²) in [4.78, 5) is 19.0. The van der Waals surface area contributed by atoms with Crippen molar-refractivity contribution in [2.24, 2.45) is 0 Å². The minimum Gasteiger partial charge on any atom is -0.365 e. The Morgan fingerprint density at radius 1 is 1.08 bits per heavy atom. The minimum absolute atomic E-state index is 0.0510. The van der Waals surface area contributed by atoms with Gasteiger partial charge in [-0.2, -0.15) is 0 Å². The molecule has 0 spiro atoms. The first kappa shape index (κ1) is 27.1. The number of halogens is 2. The van der Waals surface area contributed by atoms with E-state index in [-0.39, 0.29) is 20.6 Å². The van der Waals surface area contributed by atoms with Crippen LogP contribution in [0.2, 0.25) is 10.0 Å². The van der Waals surface area contributed by atoms with Crippen molar-refractivity contribution in [3.05, 3.63) is 83.0 Å². The number of hydrogen-bond acceptors (Lipinski definition) is 6. The van der Waals surface area contributed by atoms with E-state index in [0.29, 0.717) is 33.4 Å². The summed E-state index contributed by atoms with van der Waals surface area (Å²) in [5.74, 6) is 1.11. The fraction of sp³-hybridized carbons (Fsp3) is 0.130. The Hall–Kier alpha value is -2.92. The van der Waals surface area contributed by atoms with Gasteiger partial charge < -0.3 is 15.1 Å². The average molecular weight is 582 g/mol. The molecule has 0 fully saturated rings. The molecule has 0 aliphatic rings. The number of hydrogen-bond donors (Lipinski definition) is 3. The lowest BCUT2D eigenvalue weighted by Gasteiger charge is -2.25. The van der Waals surface area contributed by atoms with E-state index >= 15 is 0 Å². The first-order valence-corrected chi connectivity index (χ1v) is 14.7. The van der Waals surface area contributed by atoms with Crippen LogP contribution in [0.15, 0.2) is 77.8 Å². The highest BCUT2D eigenvalue weighted by Gasteiger charge is 2.32. The Balaban J connectivity index is 1.73. The Kier molecular flexibility index (Phi) is 7.66. The maximum Gasteiger partial charge on any atom is 0.345 e. The van der Waals surface area contributed by atoms with Crippen molar-refractivity contribution in [3.63, 3.8) is 0 Å². The summed E-state index contributed by atoms with van der Waals surface area (Å²) < 4.78 is 41.2. The van der Waals surface area contributed by atoms with E-state index in [1.165, 1.54) is 18.2 Å². The molecule has 0 bridgehead atoms. The van der Waals surface area contributed by atoms with Crippen molar-refractivity contribution in [2.75, 3.05) is 22.5 Å². The fourth-order valence-electron chi connectivity index (χ4n) is 3.54. The number of sulfonamides is 1. The van der Waals surface area contributed by atoms with Gasteiger partial charge >= 0.3 is 7.60 Å². The Morgan fingerprint density at radius 2 is 1.78 bits per heavy atom. The largest absolute Gasteiger partial charge is 0.365 e. The molecule has 0 saturated carbocycles. The van der Waals surface area contributed by atoms with Gasteiger partial charge in [0.25, 0.3) is 10.0 Å². The highest BCUT2D eigenvalue weighted by Crippen LogP contribution is 2.40. The number of nitrogens with zero attached hydrogens (tertiary/aromatic N) is 4. The minimum atomic E-state index is -4.80. The maximum atomic E-state index is 13.4. The first-order valence-electron chi connectivity index (χ1n) is 10.7. The van der Waals surface area contributed by atoms with Crippen molar-refractivity contribution in [1.29, 1.82) is 0 Å². The second-order valence-corrected chi connectivity index (χ2v) is 12.6. The monoisotopic (exact) mass is 581 g/mol.